The number of aliphatic hydroxyl groups excluding tert-OH is 1. The molecule has 2 aromatic rings. The van der Waals surface area contributed by atoms with E-state index < -0.39 is 17.7 Å². The predicted molar refractivity (Wildman–Crippen MR) is 117 cm³/mol. The van der Waals surface area contributed by atoms with Crippen LogP contribution in [0.2, 0.25) is 0 Å². The van der Waals surface area contributed by atoms with Gasteiger partial charge in [0.25, 0.3) is 11.7 Å². The summed E-state index contributed by atoms with van der Waals surface area (Å²) in [7, 11) is 0. The Balaban J connectivity index is 1.99. The zero-order chi connectivity index (χ0) is 21.7. The minimum absolute atomic E-state index is 0.137. The summed E-state index contributed by atoms with van der Waals surface area (Å²) < 4.78 is 0. The number of hydrogen-bond acceptors (Lipinski definition) is 5. The predicted octanol–water partition coefficient (Wildman–Crippen LogP) is 3.54. The number of nitrogens with zero attached hydrogens (tertiary/aromatic N) is 3. The lowest BCUT2D eigenvalue weighted by Crippen LogP contribution is -2.33. The van der Waals surface area contributed by atoms with Crippen LogP contribution in [-0.2, 0) is 9.59 Å². The third-order valence-electron chi connectivity index (χ3n) is 5.65. The summed E-state index contributed by atoms with van der Waals surface area (Å²) in [6.45, 7) is 9.33. The van der Waals surface area contributed by atoms with Gasteiger partial charge >= 0.3 is 0 Å². The summed E-state index contributed by atoms with van der Waals surface area (Å²) in [4.78, 5) is 33.8. The van der Waals surface area contributed by atoms with Gasteiger partial charge in [0.05, 0.1) is 11.6 Å². The molecule has 1 N–H and O–H groups in total. The number of hydrogen-bond donors (Lipinski definition) is 1. The van der Waals surface area contributed by atoms with Gasteiger partial charge in [0, 0.05) is 24.5 Å². The number of pyridine rings is 1. The molecule has 158 valence electrons. The highest BCUT2D eigenvalue weighted by atomic mass is 16.3. The molecule has 0 saturated carbocycles. The Labute approximate surface area is 177 Å². The van der Waals surface area contributed by atoms with Crippen LogP contribution < -0.4 is 0 Å². The van der Waals surface area contributed by atoms with Crippen molar-refractivity contribution in [3.8, 4) is 0 Å². The maximum absolute atomic E-state index is 13.0. The maximum Gasteiger partial charge on any atom is 0.295 e. The Morgan fingerprint density at radius 3 is 2.30 bits per heavy atom. The van der Waals surface area contributed by atoms with Crippen molar-refractivity contribution in [2.45, 2.75) is 33.2 Å². The number of Topliss-reactive ketones (excluding diaryl/α,β-unsaturated/α-hetero) is 1. The van der Waals surface area contributed by atoms with Crippen LogP contribution in [-0.4, -0.2) is 57.8 Å². The average Bonchev–Trinajstić information content (AvgIpc) is 3.02. The van der Waals surface area contributed by atoms with Gasteiger partial charge in [-0.1, -0.05) is 43.7 Å². The molecule has 0 bridgehead atoms. The van der Waals surface area contributed by atoms with Crippen LogP contribution in [0.5, 0.6) is 0 Å². The number of ketones is 1. The zero-order valence-electron chi connectivity index (χ0n) is 17.8. The van der Waals surface area contributed by atoms with Crippen LogP contribution in [0, 0.1) is 6.92 Å². The molecule has 6 heteroatoms. The lowest BCUT2D eigenvalue weighted by Gasteiger charge is -2.26. The van der Waals surface area contributed by atoms with Crippen molar-refractivity contribution in [2.24, 2.45) is 0 Å². The second kappa shape index (κ2) is 9.67. The van der Waals surface area contributed by atoms with Crippen LogP contribution in [0.25, 0.3) is 5.76 Å². The lowest BCUT2D eigenvalue weighted by atomic mass is 9.95. The number of aliphatic hydroxyl groups is 1. The molecule has 1 aliphatic rings. The fourth-order valence-corrected chi connectivity index (χ4v) is 3.87. The lowest BCUT2D eigenvalue weighted by molar-refractivity contribution is -0.140. The number of benzene rings is 1. The highest BCUT2D eigenvalue weighted by Crippen LogP contribution is 2.39. The van der Waals surface area contributed by atoms with Crippen molar-refractivity contribution in [1.29, 1.82) is 0 Å². The highest BCUT2D eigenvalue weighted by Gasteiger charge is 2.45. The van der Waals surface area contributed by atoms with E-state index in [0.717, 1.165) is 37.2 Å². The molecule has 1 saturated heterocycles. The third kappa shape index (κ3) is 4.44. The first kappa shape index (κ1) is 21.7. The van der Waals surface area contributed by atoms with Gasteiger partial charge in [0.15, 0.2) is 0 Å². The van der Waals surface area contributed by atoms with Gasteiger partial charge in [-0.25, -0.2) is 0 Å². The molecule has 0 spiro atoms. The molecule has 1 atom stereocenters. The van der Waals surface area contributed by atoms with Crippen LogP contribution in [0.15, 0.2) is 54.4 Å². The normalized spacial score (nSPS) is 18.4. The first-order valence-corrected chi connectivity index (χ1v) is 10.5. The van der Waals surface area contributed by atoms with Gasteiger partial charge in [-0.05, 0) is 50.7 Å². The van der Waals surface area contributed by atoms with Crippen molar-refractivity contribution >= 4 is 17.4 Å². The van der Waals surface area contributed by atoms with Gasteiger partial charge < -0.3 is 14.9 Å². The van der Waals surface area contributed by atoms with Crippen molar-refractivity contribution in [3.05, 3.63) is 71.1 Å². The quantitative estimate of drug-likeness (QED) is 0.412. The minimum atomic E-state index is -0.641. The Morgan fingerprint density at radius 1 is 1.07 bits per heavy atom. The number of aromatic nitrogens is 1. The topological polar surface area (TPSA) is 73.7 Å². The Kier molecular flexibility index (Phi) is 7.00. The van der Waals surface area contributed by atoms with Crippen molar-refractivity contribution < 1.29 is 14.7 Å². The second-order valence-corrected chi connectivity index (χ2v) is 7.52. The molecule has 6 nitrogen and oxygen atoms in total. The molecule has 3 rings (SSSR count). The van der Waals surface area contributed by atoms with Crippen molar-refractivity contribution in [1.82, 2.24) is 14.8 Å². The number of aryl methyl sites for hydroxylation is 1. The molecule has 1 amide bonds. The average molecular weight is 408 g/mol. The first-order chi connectivity index (χ1) is 14.5. The number of amides is 1. The molecule has 1 fully saturated rings. The van der Waals surface area contributed by atoms with E-state index in [4.69, 9.17) is 0 Å². The van der Waals surface area contributed by atoms with E-state index in [1.807, 2.05) is 19.1 Å². The van der Waals surface area contributed by atoms with E-state index in [0.29, 0.717) is 12.1 Å². The summed E-state index contributed by atoms with van der Waals surface area (Å²) in [5.41, 5.74) is 2.48. The molecular weight excluding hydrogens is 378 g/mol. The molecule has 0 radical (unpaired) electrons. The summed E-state index contributed by atoms with van der Waals surface area (Å²) in [6.07, 6.45) is 4.02. The Morgan fingerprint density at radius 2 is 1.70 bits per heavy atom. The molecule has 1 aromatic carbocycles. The monoisotopic (exact) mass is 407 g/mol. The summed E-state index contributed by atoms with van der Waals surface area (Å²) in [5.74, 6) is -1.34. The molecule has 2 heterocycles. The number of rotatable bonds is 8. The van der Waals surface area contributed by atoms with E-state index in [-0.39, 0.29) is 11.3 Å². The standard InChI is InChI=1S/C24H29N3O3/c1-4-26(5-2)15-6-16-27-21(18-11-13-25-14-12-18)20(23(29)24(27)30)22(28)19-9-7-17(3)8-10-19/h7-14,21,28H,4-6,15-16H2,1-3H3/t21-/m0/s1. The molecule has 0 aliphatic carbocycles. The molecule has 1 aliphatic heterocycles. The summed E-state index contributed by atoms with van der Waals surface area (Å²) in [6, 6.07) is 10.2. The van der Waals surface area contributed by atoms with E-state index in [9.17, 15) is 14.7 Å². The van der Waals surface area contributed by atoms with E-state index in [2.05, 4.69) is 23.7 Å². The number of carbonyl (C=O) groups excluding carboxylic acids is 2. The highest BCUT2D eigenvalue weighted by molar-refractivity contribution is 6.46. The van der Waals surface area contributed by atoms with E-state index in [1.54, 1.807) is 41.6 Å². The maximum atomic E-state index is 13.0. The van der Waals surface area contributed by atoms with Crippen LogP contribution in [0.1, 0.15) is 43.0 Å². The van der Waals surface area contributed by atoms with Gasteiger partial charge in [0.2, 0.25) is 0 Å². The van der Waals surface area contributed by atoms with Crippen LogP contribution >= 0.6 is 0 Å². The fourth-order valence-electron chi connectivity index (χ4n) is 3.87. The van der Waals surface area contributed by atoms with E-state index >= 15 is 0 Å². The zero-order valence-corrected chi connectivity index (χ0v) is 17.8. The molecule has 0 unspecified atom stereocenters. The summed E-state index contributed by atoms with van der Waals surface area (Å²) in [5, 5.41) is 11.0. The van der Waals surface area contributed by atoms with Gasteiger partial charge in [-0.3, -0.25) is 14.6 Å². The number of likely N-dealkylation sites (tertiary alicyclic amines) is 1. The van der Waals surface area contributed by atoms with Crippen LogP contribution in [0.4, 0.5) is 0 Å². The van der Waals surface area contributed by atoms with E-state index in [1.165, 1.54) is 0 Å². The minimum Gasteiger partial charge on any atom is -0.507 e. The smallest absolute Gasteiger partial charge is 0.295 e. The Hall–Kier alpha value is -2.99. The Bertz CT molecular complexity index is 918. The van der Waals surface area contributed by atoms with Crippen molar-refractivity contribution in [2.75, 3.05) is 26.2 Å². The van der Waals surface area contributed by atoms with Crippen LogP contribution in [0.3, 0.4) is 0 Å². The molecular formula is C24H29N3O3. The second-order valence-electron chi connectivity index (χ2n) is 7.52. The fraction of sp³-hybridized carbons (Fsp3) is 0.375. The largest absolute Gasteiger partial charge is 0.507 e. The SMILES string of the molecule is CCN(CC)CCCN1C(=O)C(=O)C(=C(O)c2ccc(C)cc2)[C@@H]1c1ccncc1. The van der Waals surface area contributed by atoms with Gasteiger partial charge in [-0.2, -0.15) is 0 Å². The van der Waals surface area contributed by atoms with Gasteiger partial charge in [0.1, 0.15) is 5.76 Å². The first-order valence-electron chi connectivity index (χ1n) is 10.5. The summed E-state index contributed by atoms with van der Waals surface area (Å²) >= 11 is 0. The number of carbonyl (C=O) groups is 2. The molecule has 1 aromatic heterocycles. The van der Waals surface area contributed by atoms with Gasteiger partial charge in [-0.15, -0.1) is 0 Å². The van der Waals surface area contributed by atoms with Crippen molar-refractivity contribution in [3.63, 3.8) is 0 Å². The third-order valence-corrected chi connectivity index (χ3v) is 5.65. The molecule has 30 heavy (non-hydrogen) atoms.